The van der Waals surface area contributed by atoms with Crippen LogP contribution in [0.15, 0.2) is 48.5 Å². The number of fused-ring (bicyclic) bond motifs is 1. The fourth-order valence-electron chi connectivity index (χ4n) is 4.19. The summed E-state index contributed by atoms with van der Waals surface area (Å²) in [5, 5.41) is 0.775. The van der Waals surface area contributed by atoms with Crippen LogP contribution in [0.4, 0.5) is 5.69 Å². The van der Waals surface area contributed by atoms with Gasteiger partial charge in [-0.05, 0) is 54.6 Å². The fourth-order valence-corrected chi connectivity index (χ4v) is 4.31. The first-order chi connectivity index (χ1) is 14.5. The van der Waals surface area contributed by atoms with Crippen molar-refractivity contribution < 1.29 is 4.79 Å². The maximum Gasteiger partial charge on any atom is 0.227 e. The van der Waals surface area contributed by atoms with Crippen LogP contribution in [-0.2, 0) is 17.9 Å². The zero-order valence-electron chi connectivity index (χ0n) is 18.4. The molecule has 2 aromatic carbocycles. The van der Waals surface area contributed by atoms with E-state index in [0.29, 0.717) is 12.3 Å². The molecule has 0 radical (unpaired) electrons. The van der Waals surface area contributed by atoms with Gasteiger partial charge in [-0.3, -0.25) is 9.69 Å². The van der Waals surface area contributed by atoms with E-state index in [1.54, 1.807) is 0 Å². The molecule has 1 heterocycles. The zero-order chi connectivity index (χ0) is 21.3. The van der Waals surface area contributed by atoms with Gasteiger partial charge < -0.3 is 4.90 Å². The van der Waals surface area contributed by atoms with Gasteiger partial charge in [0.2, 0.25) is 5.91 Å². The number of carbonyl (C=O) groups excluding carboxylic acids is 1. The van der Waals surface area contributed by atoms with E-state index >= 15 is 0 Å². The molecular formula is C26H35ClN2O. The van der Waals surface area contributed by atoms with E-state index in [1.807, 2.05) is 12.1 Å². The molecule has 0 bridgehead atoms. The molecule has 30 heavy (non-hydrogen) atoms. The summed E-state index contributed by atoms with van der Waals surface area (Å²) < 4.78 is 0. The maximum atomic E-state index is 13.1. The topological polar surface area (TPSA) is 23.6 Å². The van der Waals surface area contributed by atoms with Crippen LogP contribution in [0.1, 0.15) is 63.5 Å². The van der Waals surface area contributed by atoms with Crippen molar-refractivity contribution in [2.75, 3.05) is 18.0 Å². The summed E-state index contributed by atoms with van der Waals surface area (Å²) in [5.41, 5.74) is 3.60. The molecule has 2 aromatic rings. The number of halogens is 1. The molecule has 0 saturated carbocycles. The molecule has 4 heteroatoms. The summed E-state index contributed by atoms with van der Waals surface area (Å²) in [7, 11) is 0. The standard InChI is InChI=1S/C26H35ClN2O/c1-21(2)18-26(30)29-17-9-5-3-4-8-16-28(19-22-12-14-24(27)15-13-22)20-23-10-6-7-11-25(23)29/h6-7,10-15,21H,3-5,8-9,16-20H2,1-2H3. The van der Waals surface area contributed by atoms with Crippen molar-refractivity contribution in [3.63, 3.8) is 0 Å². The van der Waals surface area contributed by atoms with Gasteiger partial charge in [0.15, 0.2) is 0 Å². The number of hydrogen-bond donors (Lipinski definition) is 0. The van der Waals surface area contributed by atoms with Crippen molar-refractivity contribution >= 4 is 23.2 Å². The molecule has 0 atom stereocenters. The van der Waals surface area contributed by atoms with E-state index in [-0.39, 0.29) is 5.91 Å². The summed E-state index contributed by atoms with van der Waals surface area (Å²) in [6.45, 7) is 7.87. The monoisotopic (exact) mass is 426 g/mol. The van der Waals surface area contributed by atoms with Crippen LogP contribution < -0.4 is 4.90 Å². The zero-order valence-corrected chi connectivity index (χ0v) is 19.2. The van der Waals surface area contributed by atoms with Crippen LogP contribution in [0.2, 0.25) is 5.02 Å². The van der Waals surface area contributed by atoms with Crippen molar-refractivity contribution in [1.29, 1.82) is 0 Å². The summed E-state index contributed by atoms with van der Waals surface area (Å²) in [6, 6.07) is 16.6. The Kier molecular flexibility index (Phi) is 8.77. The van der Waals surface area contributed by atoms with E-state index in [4.69, 9.17) is 11.6 Å². The third-order valence-electron chi connectivity index (χ3n) is 5.74. The minimum Gasteiger partial charge on any atom is -0.312 e. The molecule has 0 N–H and O–H groups in total. The summed E-state index contributed by atoms with van der Waals surface area (Å²) in [5.74, 6) is 0.617. The van der Waals surface area contributed by atoms with Gasteiger partial charge in [0, 0.05) is 36.8 Å². The van der Waals surface area contributed by atoms with E-state index in [9.17, 15) is 4.79 Å². The molecular weight excluding hydrogens is 392 g/mol. The lowest BCUT2D eigenvalue weighted by atomic mass is 10.0. The molecule has 1 aliphatic rings. The van der Waals surface area contributed by atoms with Crippen LogP contribution in [-0.4, -0.2) is 23.9 Å². The number of para-hydroxylation sites is 1. The second-order valence-corrected chi connectivity index (χ2v) is 9.31. The van der Waals surface area contributed by atoms with Crippen molar-refractivity contribution in [2.45, 2.75) is 65.5 Å². The quantitative estimate of drug-likeness (QED) is 0.543. The van der Waals surface area contributed by atoms with E-state index < -0.39 is 0 Å². The number of rotatable bonds is 4. The Morgan fingerprint density at radius 2 is 1.60 bits per heavy atom. The van der Waals surface area contributed by atoms with Crippen LogP contribution in [0.25, 0.3) is 0 Å². The van der Waals surface area contributed by atoms with E-state index in [0.717, 1.165) is 43.3 Å². The van der Waals surface area contributed by atoms with Gasteiger partial charge in [0.05, 0.1) is 0 Å². The first-order valence-corrected chi connectivity index (χ1v) is 11.8. The molecule has 0 aromatic heterocycles. The number of amides is 1. The predicted octanol–water partition coefficient (Wildman–Crippen LogP) is 6.69. The van der Waals surface area contributed by atoms with Gasteiger partial charge in [0.25, 0.3) is 0 Å². The van der Waals surface area contributed by atoms with Gasteiger partial charge >= 0.3 is 0 Å². The Balaban J connectivity index is 1.86. The Morgan fingerprint density at radius 1 is 0.933 bits per heavy atom. The first-order valence-electron chi connectivity index (χ1n) is 11.4. The highest BCUT2D eigenvalue weighted by Crippen LogP contribution is 2.26. The largest absolute Gasteiger partial charge is 0.312 e. The Hall–Kier alpha value is -1.84. The van der Waals surface area contributed by atoms with Crippen LogP contribution >= 0.6 is 11.6 Å². The third-order valence-corrected chi connectivity index (χ3v) is 5.99. The van der Waals surface area contributed by atoms with Crippen molar-refractivity contribution in [1.82, 2.24) is 4.90 Å². The number of anilines is 1. The summed E-state index contributed by atoms with van der Waals surface area (Å²) >= 11 is 6.07. The minimum atomic E-state index is 0.249. The molecule has 0 spiro atoms. The number of hydrogen-bond acceptors (Lipinski definition) is 2. The lowest BCUT2D eigenvalue weighted by molar-refractivity contribution is -0.119. The Bertz CT molecular complexity index is 803. The van der Waals surface area contributed by atoms with E-state index in [1.165, 1.54) is 36.8 Å². The summed E-state index contributed by atoms with van der Waals surface area (Å²) in [4.78, 5) is 17.7. The second-order valence-electron chi connectivity index (χ2n) is 8.88. The normalized spacial score (nSPS) is 16.6. The smallest absolute Gasteiger partial charge is 0.227 e. The van der Waals surface area contributed by atoms with Gasteiger partial charge in [-0.25, -0.2) is 0 Å². The molecule has 3 nitrogen and oxygen atoms in total. The molecule has 162 valence electrons. The van der Waals surface area contributed by atoms with Crippen molar-refractivity contribution in [3.05, 3.63) is 64.7 Å². The highest BCUT2D eigenvalue weighted by molar-refractivity contribution is 6.30. The summed E-state index contributed by atoms with van der Waals surface area (Å²) in [6.07, 6.45) is 6.56. The average Bonchev–Trinajstić information content (AvgIpc) is 2.70. The number of benzene rings is 2. The average molecular weight is 427 g/mol. The molecule has 0 aliphatic carbocycles. The third kappa shape index (κ3) is 6.85. The van der Waals surface area contributed by atoms with Gasteiger partial charge in [-0.15, -0.1) is 0 Å². The molecule has 1 amide bonds. The van der Waals surface area contributed by atoms with Gasteiger partial charge in [-0.2, -0.15) is 0 Å². The SMILES string of the molecule is CC(C)CC(=O)N1CCCCCCCN(Cc2ccc(Cl)cc2)Cc2ccccc21. The predicted molar refractivity (Wildman–Crippen MR) is 127 cm³/mol. The fraction of sp³-hybridized carbons (Fsp3) is 0.500. The molecule has 1 aliphatic heterocycles. The van der Waals surface area contributed by atoms with Gasteiger partial charge in [0.1, 0.15) is 0 Å². The highest BCUT2D eigenvalue weighted by Gasteiger charge is 2.21. The van der Waals surface area contributed by atoms with Crippen molar-refractivity contribution in [2.24, 2.45) is 5.92 Å². The van der Waals surface area contributed by atoms with Crippen molar-refractivity contribution in [3.8, 4) is 0 Å². The molecule has 0 saturated heterocycles. The molecule has 0 fully saturated rings. The maximum absolute atomic E-state index is 13.1. The Labute approximate surface area is 187 Å². The van der Waals surface area contributed by atoms with E-state index in [2.05, 4.69) is 60.0 Å². The Morgan fingerprint density at radius 3 is 2.33 bits per heavy atom. The van der Waals surface area contributed by atoms with Crippen LogP contribution in [0, 0.1) is 5.92 Å². The van der Waals surface area contributed by atoms with Crippen LogP contribution in [0.3, 0.4) is 0 Å². The first kappa shape index (κ1) is 22.8. The van der Waals surface area contributed by atoms with Crippen LogP contribution in [0.5, 0.6) is 0 Å². The number of nitrogens with zero attached hydrogens (tertiary/aromatic N) is 2. The highest BCUT2D eigenvalue weighted by atomic mass is 35.5. The molecule has 0 unspecified atom stereocenters. The molecule has 3 rings (SSSR count). The number of carbonyl (C=O) groups is 1. The minimum absolute atomic E-state index is 0.249. The second kappa shape index (κ2) is 11.5. The van der Waals surface area contributed by atoms with Gasteiger partial charge in [-0.1, -0.05) is 75.0 Å². The lowest BCUT2D eigenvalue weighted by Crippen LogP contribution is -2.34. The lowest BCUT2D eigenvalue weighted by Gasteiger charge is -2.30.